The first-order valence-corrected chi connectivity index (χ1v) is 7.34. The summed E-state index contributed by atoms with van der Waals surface area (Å²) in [6.07, 6.45) is 0. The zero-order valence-corrected chi connectivity index (χ0v) is 12.3. The fourth-order valence-corrected chi connectivity index (χ4v) is 2.19. The van der Waals surface area contributed by atoms with E-state index in [1.807, 2.05) is 72.8 Å². The highest BCUT2D eigenvalue weighted by Crippen LogP contribution is 2.17. The molecule has 0 heterocycles. The maximum atomic E-state index is 5.83. The summed E-state index contributed by atoms with van der Waals surface area (Å²) in [5.41, 5.74) is 2.28. The summed E-state index contributed by atoms with van der Waals surface area (Å²) < 4.78 is 11.7. The molecule has 0 unspecified atom stereocenters. The molecule has 0 atom stereocenters. The minimum absolute atomic E-state index is 0.540. The predicted octanol–water partition coefficient (Wildman–Crippen LogP) is 4.84. The van der Waals surface area contributed by atoms with E-state index in [9.17, 15) is 0 Å². The smallest absolute Gasteiger partial charge is 0.119 e. The van der Waals surface area contributed by atoms with E-state index in [-0.39, 0.29) is 0 Å². The van der Waals surface area contributed by atoms with Gasteiger partial charge in [0.2, 0.25) is 0 Å². The lowest BCUT2D eigenvalue weighted by Gasteiger charge is -2.12. The van der Waals surface area contributed by atoms with Gasteiger partial charge >= 0.3 is 0 Å². The molecule has 0 saturated heterocycles. The summed E-state index contributed by atoms with van der Waals surface area (Å²) in [4.78, 5) is 0. The second-order valence-electron chi connectivity index (χ2n) is 4.97. The van der Waals surface area contributed by atoms with Crippen LogP contribution in [-0.4, -0.2) is 0 Å². The van der Waals surface area contributed by atoms with Gasteiger partial charge in [-0.15, -0.1) is 0 Å². The molecule has 0 saturated carbocycles. The van der Waals surface area contributed by atoms with E-state index in [2.05, 4.69) is 12.1 Å². The monoisotopic (exact) mass is 290 g/mol. The van der Waals surface area contributed by atoms with Gasteiger partial charge in [-0.3, -0.25) is 0 Å². The zero-order valence-electron chi connectivity index (χ0n) is 12.3. The van der Waals surface area contributed by atoms with Crippen LogP contribution >= 0.6 is 0 Å². The summed E-state index contributed by atoms with van der Waals surface area (Å²) in [6.45, 7) is 1.08. The van der Waals surface area contributed by atoms with E-state index < -0.39 is 0 Å². The number of hydrogen-bond acceptors (Lipinski definition) is 2. The molecule has 3 rings (SSSR count). The Morgan fingerprint density at radius 1 is 0.455 bits per heavy atom. The second-order valence-corrected chi connectivity index (χ2v) is 4.97. The molecule has 3 aromatic carbocycles. The topological polar surface area (TPSA) is 18.5 Å². The van der Waals surface area contributed by atoms with Crippen molar-refractivity contribution in [2.45, 2.75) is 13.2 Å². The lowest BCUT2D eigenvalue weighted by atomic mass is 10.1. The van der Waals surface area contributed by atoms with E-state index in [0.717, 1.165) is 22.6 Å². The van der Waals surface area contributed by atoms with Gasteiger partial charge in [-0.1, -0.05) is 60.7 Å². The van der Waals surface area contributed by atoms with Crippen molar-refractivity contribution < 1.29 is 9.47 Å². The third kappa shape index (κ3) is 3.89. The van der Waals surface area contributed by atoms with E-state index in [1.54, 1.807) is 0 Å². The number of hydrogen-bond donors (Lipinski definition) is 0. The molecule has 0 bridgehead atoms. The Bertz CT molecular complexity index is 631. The standard InChI is InChI=1S/C20H18O2/c1-3-11-19(12-4-1)21-15-17-9-7-8-10-18(17)16-22-20-13-5-2-6-14-20/h1-14H,15-16H2. The SMILES string of the molecule is c1ccc(OCc2ccccc2COc2ccccc2)cc1. The van der Waals surface area contributed by atoms with Gasteiger partial charge < -0.3 is 9.47 Å². The third-order valence-electron chi connectivity index (χ3n) is 3.39. The van der Waals surface area contributed by atoms with Crippen LogP contribution in [0.2, 0.25) is 0 Å². The average molecular weight is 290 g/mol. The number of benzene rings is 3. The molecule has 2 nitrogen and oxygen atoms in total. The molecule has 0 radical (unpaired) electrons. The molecule has 0 spiro atoms. The first-order valence-electron chi connectivity index (χ1n) is 7.34. The summed E-state index contributed by atoms with van der Waals surface area (Å²) in [7, 11) is 0. The van der Waals surface area contributed by atoms with Crippen LogP contribution in [0.1, 0.15) is 11.1 Å². The maximum Gasteiger partial charge on any atom is 0.119 e. The molecule has 22 heavy (non-hydrogen) atoms. The van der Waals surface area contributed by atoms with E-state index in [4.69, 9.17) is 9.47 Å². The molecular weight excluding hydrogens is 272 g/mol. The van der Waals surface area contributed by atoms with Crippen LogP contribution in [0.15, 0.2) is 84.9 Å². The molecule has 0 aliphatic heterocycles. The lowest BCUT2D eigenvalue weighted by molar-refractivity contribution is 0.285. The fourth-order valence-electron chi connectivity index (χ4n) is 2.19. The van der Waals surface area contributed by atoms with Crippen molar-refractivity contribution in [3.05, 3.63) is 96.1 Å². The molecule has 0 N–H and O–H groups in total. The van der Waals surface area contributed by atoms with Crippen molar-refractivity contribution >= 4 is 0 Å². The Kier molecular flexibility index (Phi) is 4.73. The fraction of sp³-hybridized carbons (Fsp3) is 0.100. The predicted molar refractivity (Wildman–Crippen MR) is 88.0 cm³/mol. The Morgan fingerprint density at radius 2 is 0.818 bits per heavy atom. The van der Waals surface area contributed by atoms with Gasteiger partial charge in [0.25, 0.3) is 0 Å². The van der Waals surface area contributed by atoms with Crippen LogP contribution in [0, 0.1) is 0 Å². The highest BCUT2D eigenvalue weighted by molar-refractivity contribution is 5.29. The van der Waals surface area contributed by atoms with E-state index in [0.29, 0.717) is 13.2 Å². The molecule has 110 valence electrons. The first kappa shape index (κ1) is 14.2. The Labute approximate surface area is 131 Å². The summed E-state index contributed by atoms with van der Waals surface area (Å²) in [5.74, 6) is 1.75. The van der Waals surface area contributed by atoms with E-state index >= 15 is 0 Å². The highest BCUT2D eigenvalue weighted by Gasteiger charge is 2.04. The van der Waals surface area contributed by atoms with Gasteiger partial charge in [-0.2, -0.15) is 0 Å². The summed E-state index contributed by atoms with van der Waals surface area (Å²) >= 11 is 0. The van der Waals surface area contributed by atoms with Gasteiger partial charge in [-0.25, -0.2) is 0 Å². The van der Waals surface area contributed by atoms with Crippen molar-refractivity contribution in [3.8, 4) is 11.5 Å². The largest absolute Gasteiger partial charge is 0.489 e. The van der Waals surface area contributed by atoms with Gasteiger partial charge in [0, 0.05) is 0 Å². The van der Waals surface area contributed by atoms with Crippen LogP contribution in [0.5, 0.6) is 11.5 Å². The number of ether oxygens (including phenoxy) is 2. The molecule has 3 aromatic rings. The highest BCUT2D eigenvalue weighted by atomic mass is 16.5. The molecule has 0 fully saturated rings. The second kappa shape index (κ2) is 7.32. The van der Waals surface area contributed by atoms with Gasteiger partial charge in [0.1, 0.15) is 24.7 Å². The molecule has 0 aliphatic carbocycles. The molecular formula is C20H18O2. The minimum atomic E-state index is 0.540. The lowest BCUT2D eigenvalue weighted by Crippen LogP contribution is -2.03. The third-order valence-corrected chi connectivity index (χ3v) is 3.39. The van der Waals surface area contributed by atoms with E-state index in [1.165, 1.54) is 0 Å². The van der Waals surface area contributed by atoms with Gasteiger partial charge in [-0.05, 0) is 35.4 Å². The van der Waals surface area contributed by atoms with Crippen LogP contribution < -0.4 is 9.47 Å². The van der Waals surface area contributed by atoms with Crippen LogP contribution in [0.3, 0.4) is 0 Å². The average Bonchev–Trinajstić information content (AvgIpc) is 2.61. The van der Waals surface area contributed by atoms with Crippen LogP contribution in [0.4, 0.5) is 0 Å². The zero-order chi connectivity index (χ0) is 15.0. The molecule has 0 aromatic heterocycles. The van der Waals surface area contributed by atoms with Gasteiger partial charge in [0.15, 0.2) is 0 Å². The Balaban J connectivity index is 1.65. The van der Waals surface area contributed by atoms with Gasteiger partial charge in [0.05, 0.1) is 0 Å². The maximum absolute atomic E-state index is 5.83. The Hall–Kier alpha value is -2.74. The quantitative estimate of drug-likeness (QED) is 0.646. The number of para-hydroxylation sites is 2. The normalized spacial score (nSPS) is 10.2. The number of rotatable bonds is 6. The van der Waals surface area contributed by atoms with Crippen molar-refractivity contribution in [3.63, 3.8) is 0 Å². The Morgan fingerprint density at radius 3 is 1.23 bits per heavy atom. The minimum Gasteiger partial charge on any atom is -0.489 e. The van der Waals surface area contributed by atoms with Crippen molar-refractivity contribution in [2.24, 2.45) is 0 Å². The molecule has 2 heteroatoms. The first-order chi connectivity index (χ1) is 10.9. The molecule has 0 aliphatic rings. The summed E-state index contributed by atoms with van der Waals surface area (Å²) in [6, 6.07) is 27.9. The summed E-state index contributed by atoms with van der Waals surface area (Å²) in [5, 5.41) is 0. The molecule has 0 amide bonds. The van der Waals surface area contributed by atoms with Crippen molar-refractivity contribution in [2.75, 3.05) is 0 Å². The van der Waals surface area contributed by atoms with Crippen LogP contribution in [-0.2, 0) is 13.2 Å². The van der Waals surface area contributed by atoms with Crippen molar-refractivity contribution in [1.82, 2.24) is 0 Å². The van der Waals surface area contributed by atoms with Crippen molar-refractivity contribution in [1.29, 1.82) is 0 Å². The van der Waals surface area contributed by atoms with Crippen LogP contribution in [0.25, 0.3) is 0 Å².